The lowest BCUT2D eigenvalue weighted by Gasteiger charge is -2.34. The number of nitrogens with one attached hydrogen (secondary N) is 1. The maximum absolute atomic E-state index is 14.6. The predicted molar refractivity (Wildman–Crippen MR) is 182 cm³/mol. The second-order valence-corrected chi connectivity index (χ2v) is 13.4. The molecule has 0 aliphatic heterocycles. The van der Waals surface area contributed by atoms with Crippen LogP contribution in [0.3, 0.4) is 0 Å². The summed E-state index contributed by atoms with van der Waals surface area (Å²) in [5.41, 5.74) is 3.73. The molecule has 0 bridgehead atoms. The lowest BCUT2D eigenvalue weighted by molar-refractivity contribution is -0.140. The molecule has 0 unspecified atom stereocenters. The van der Waals surface area contributed by atoms with Gasteiger partial charge < -0.3 is 15.0 Å². The van der Waals surface area contributed by atoms with Crippen molar-refractivity contribution in [1.29, 1.82) is 0 Å². The van der Waals surface area contributed by atoms with E-state index < -0.39 is 28.5 Å². The molecule has 0 saturated carbocycles. The smallest absolute Gasteiger partial charge is 0.264 e. The van der Waals surface area contributed by atoms with Gasteiger partial charge in [-0.05, 0) is 74.2 Å². The highest BCUT2D eigenvalue weighted by Crippen LogP contribution is 2.29. The fraction of sp³-hybridized carbons (Fsp3) is 0.297. The minimum Gasteiger partial charge on any atom is -0.497 e. The van der Waals surface area contributed by atoms with E-state index in [9.17, 15) is 18.0 Å². The summed E-state index contributed by atoms with van der Waals surface area (Å²) in [6.45, 7) is 7.12. The van der Waals surface area contributed by atoms with Gasteiger partial charge in [-0.15, -0.1) is 0 Å². The Kier molecular flexibility index (Phi) is 11.6. The predicted octanol–water partition coefficient (Wildman–Crippen LogP) is 5.93. The number of methoxy groups -OCH3 is 1. The number of hydrogen-bond donors (Lipinski definition) is 1. The van der Waals surface area contributed by atoms with E-state index in [1.165, 1.54) is 9.21 Å². The molecule has 4 rings (SSSR count). The van der Waals surface area contributed by atoms with E-state index in [0.29, 0.717) is 17.9 Å². The number of carbonyl (C=O) groups is 2. The highest BCUT2D eigenvalue weighted by molar-refractivity contribution is 7.92. The number of carbonyl (C=O) groups excluding carboxylic acids is 2. The molecule has 8 nitrogen and oxygen atoms in total. The van der Waals surface area contributed by atoms with Gasteiger partial charge >= 0.3 is 0 Å². The standard InChI is InChI=1S/C37H43N3O5S/c1-6-31-16-10-11-18-34(31)40(46(43,44)33-21-19-28(4)20-22-33)26-36(41)39(25-30-15-12-17-32(23-30)45-5)35(37(42)38-27(2)3)24-29-13-8-7-9-14-29/h7-23,27,35H,6,24-26H2,1-5H3,(H,38,42)/t35-/m1/s1. The number of sulfonamides is 1. The van der Waals surface area contributed by atoms with E-state index >= 15 is 0 Å². The first-order chi connectivity index (χ1) is 22.0. The summed E-state index contributed by atoms with van der Waals surface area (Å²) < 4.78 is 35.2. The molecule has 4 aromatic carbocycles. The van der Waals surface area contributed by atoms with Crippen molar-refractivity contribution in [3.05, 3.63) is 125 Å². The fourth-order valence-electron chi connectivity index (χ4n) is 5.31. The Hall–Kier alpha value is -4.63. The molecule has 46 heavy (non-hydrogen) atoms. The van der Waals surface area contributed by atoms with Crippen molar-refractivity contribution < 1.29 is 22.7 Å². The molecule has 0 heterocycles. The van der Waals surface area contributed by atoms with Crippen molar-refractivity contribution in [3.63, 3.8) is 0 Å². The average molecular weight is 642 g/mol. The zero-order valence-electron chi connectivity index (χ0n) is 27.1. The third-order valence-corrected chi connectivity index (χ3v) is 9.49. The number of benzene rings is 4. The third-order valence-electron chi connectivity index (χ3n) is 7.72. The molecule has 9 heteroatoms. The largest absolute Gasteiger partial charge is 0.497 e. The maximum Gasteiger partial charge on any atom is 0.264 e. The molecular weight excluding hydrogens is 598 g/mol. The van der Waals surface area contributed by atoms with E-state index in [2.05, 4.69) is 5.32 Å². The lowest BCUT2D eigenvalue weighted by Crippen LogP contribution is -2.54. The number of nitrogens with zero attached hydrogens (tertiary/aromatic N) is 2. The summed E-state index contributed by atoms with van der Waals surface area (Å²) in [4.78, 5) is 30.1. The monoisotopic (exact) mass is 641 g/mol. The Morgan fingerprint density at radius 1 is 0.848 bits per heavy atom. The molecule has 0 spiro atoms. The van der Waals surface area contributed by atoms with Gasteiger partial charge in [0, 0.05) is 19.0 Å². The first-order valence-corrected chi connectivity index (χ1v) is 16.9. The highest BCUT2D eigenvalue weighted by Gasteiger charge is 2.35. The van der Waals surface area contributed by atoms with Gasteiger partial charge in [0.15, 0.2) is 0 Å². The van der Waals surface area contributed by atoms with E-state index in [4.69, 9.17) is 4.74 Å². The van der Waals surface area contributed by atoms with Crippen molar-refractivity contribution in [2.24, 2.45) is 0 Å². The van der Waals surface area contributed by atoms with Crippen molar-refractivity contribution >= 4 is 27.5 Å². The quantitative estimate of drug-likeness (QED) is 0.184. The zero-order valence-corrected chi connectivity index (χ0v) is 28.0. The molecule has 0 aliphatic rings. The highest BCUT2D eigenvalue weighted by atomic mass is 32.2. The molecule has 1 N–H and O–H groups in total. The van der Waals surface area contributed by atoms with Crippen LogP contribution in [0.1, 0.15) is 43.0 Å². The molecule has 4 aromatic rings. The van der Waals surface area contributed by atoms with E-state index in [1.807, 2.05) is 88.4 Å². The summed E-state index contributed by atoms with van der Waals surface area (Å²) in [6, 6.07) is 29.5. The topological polar surface area (TPSA) is 96.0 Å². The molecule has 0 saturated heterocycles. The van der Waals surface area contributed by atoms with Crippen molar-refractivity contribution in [2.45, 2.75) is 64.1 Å². The summed E-state index contributed by atoms with van der Waals surface area (Å²) in [5, 5.41) is 2.98. The van der Waals surface area contributed by atoms with Crippen LogP contribution < -0.4 is 14.4 Å². The van der Waals surface area contributed by atoms with Gasteiger partial charge in [-0.1, -0.05) is 85.3 Å². The number of amides is 2. The summed E-state index contributed by atoms with van der Waals surface area (Å²) >= 11 is 0. The molecule has 2 amide bonds. The van der Waals surface area contributed by atoms with Gasteiger partial charge in [0.1, 0.15) is 18.3 Å². The number of aryl methyl sites for hydroxylation is 2. The van der Waals surface area contributed by atoms with Crippen LogP contribution in [0.5, 0.6) is 5.75 Å². The Bertz CT molecular complexity index is 1720. The Balaban J connectivity index is 1.84. The molecule has 0 radical (unpaired) electrons. The van der Waals surface area contributed by atoms with Crippen LogP contribution in [-0.2, 0) is 39.0 Å². The molecule has 0 fully saturated rings. The van der Waals surface area contributed by atoms with Gasteiger partial charge in [-0.2, -0.15) is 0 Å². The van der Waals surface area contributed by atoms with Crippen LogP contribution in [0.2, 0.25) is 0 Å². The minimum absolute atomic E-state index is 0.0624. The molecule has 0 aliphatic carbocycles. The Labute approximate surface area is 273 Å². The molecule has 0 aromatic heterocycles. The Morgan fingerprint density at radius 2 is 1.50 bits per heavy atom. The third kappa shape index (κ3) is 8.54. The van der Waals surface area contributed by atoms with Gasteiger partial charge in [-0.25, -0.2) is 8.42 Å². The second kappa shape index (κ2) is 15.6. The first kappa shape index (κ1) is 34.2. The van der Waals surface area contributed by atoms with E-state index in [1.54, 1.807) is 49.6 Å². The summed E-state index contributed by atoms with van der Waals surface area (Å²) in [5.74, 6) is -0.224. The normalized spacial score (nSPS) is 12.0. The molecule has 242 valence electrons. The van der Waals surface area contributed by atoms with Gasteiger partial charge in [0.25, 0.3) is 10.0 Å². The average Bonchev–Trinajstić information content (AvgIpc) is 3.05. The van der Waals surface area contributed by atoms with Crippen LogP contribution in [0.25, 0.3) is 0 Å². The van der Waals surface area contributed by atoms with Gasteiger partial charge in [0.05, 0.1) is 17.7 Å². The van der Waals surface area contributed by atoms with Crippen LogP contribution in [0.4, 0.5) is 5.69 Å². The van der Waals surface area contributed by atoms with Crippen molar-refractivity contribution in [3.8, 4) is 5.75 Å². The van der Waals surface area contributed by atoms with Crippen LogP contribution in [0.15, 0.2) is 108 Å². The van der Waals surface area contributed by atoms with Crippen molar-refractivity contribution in [1.82, 2.24) is 10.2 Å². The van der Waals surface area contributed by atoms with Gasteiger partial charge in [0.2, 0.25) is 11.8 Å². The van der Waals surface area contributed by atoms with Crippen LogP contribution >= 0.6 is 0 Å². The number of rotatable bonds is 14. The van der Waals surface area contributed by atoms with E-state index in [0.717, 1.165) is 22.3 Å². The zero-order chi connectivity index (χ0) is 33.3. The molecular formula is C37H43N3O5S. The van der Waals surface area contributed by atoms with E-state index in [-0.39, 0.29) is 29.8 Å². The number of anilines is 1. The fourth-order valence-corrected chi connectivity index (χ4v) is 6.76. The number of hydrogen-bond acceptors (Lipinski definition) is 5. The summed E-state index contributed by atoms with van der Waals surface area (Å²) in [7, 11) is -2.61. The summed E-state index contributed by atoms with van der Waals surface area (Å²) in [6.07, 6.45) is 0.802. The van der Waals surface area contributed by atoms with Crippen LogP contribution in [0, 0.1) is 6.92 Å². The Morgan fingerprint density at radius 3 is 2.15 bits per heavy atom. The van der Waals surface area contributed by atoms with Crippen LogP contribution in [-0.4, -0.2) is 50.9 Å². The second-order valence-electron chi connectivity index (χ2n) is 11.5. The molecule has 1 atom stereocenters. The van der Waals surface area contributed by atoms with Crippen molar-refractivity contribution in [2.75, 3.05) is 18.0 Å². The van der Waals surface area contributed by atoms with Gasteiger partial charge in [-0.3, -0.25) is 13.9 Å². The maximum atomic E-state index is 14.6. The lowest BCUT2D eigenvalue weighted by atomic mass is 10.0. The SMILES string of the molecule is CCc1ccccc1N(CC(=O)N(Cc1cccc(OC)c1)[C@H](Cc1ccccc1)C(=O)NC(C)C)S(=O)(=O)c1ccc(C)cc1. The first-order valence-electron chi connectivity index (χ1n) is 15.5. The minimum atomic E-state index is -4.17. The number of ether oxygens (including phenoxy) is 1. The number of para-hydroxylation sites is 1.